The maximum absolute atomic E-state index is 13.7. The van der Waals surface area contributed by atoms with Crippen molar-refractivity contribution in [1.82, 2.24) is 4.90 Å². The molecule has 0 spiro atoms. The number of nitrogens with one attached hydrogen (secondary N) is 1. The van der Waals surface area contributed by atoms with E-state index in [1.807, 2.05) is 30.0 Å². The summed E-state index contributed by atoms with van der Waals surface area (Å²) in [6.07, 6.45) is 2.33. The van der Waals surface area contributed by atoms with Gasteiger partial charge in [0.15, 0.2) is 6.10 Å². The number of carbonyl (C=O) groups is 2. The summed E-state index contributed by atoms with van der Waals surface area (Å²) >= 11 is 6.04. The lowest BCUT2D eigenvalue weighted by atomic mass is 9.87. The van der Waals surface area contributed by atoms with Crippen LogP contribution < -0.4 is 10.1 Å². The molecular weight excluding hydrogens is 479 g/mol. The van der Waals surface area contributed by atoms with Crippen LogP contribution >= 0.6 is 11.6 Å². The molecule has 5 rings (SSSR count). The number of halogens is 2. The number of hydrogen-bond acceptors (Lipinski definition) is 3. The van der Waals surface area contributed by atoms with Gasteiger partial charge in [0.1, 0.15) is 11.6 Å². The Kier molecular flexibility index (Phi) is 6.97. The lowest BCUT2D eigenvalue weighted by Crippen LogP contribution is -2.41. The lowest BCUT2D eigenvalue weighted by Gasteiger charge is -2.38. The molecule has 3 aromatic carbocycles. The molecule has 2 amide bonds. The molecule has 1 aliphatic carbocycles. The zero-order valence-corrected chi connectivity index (χ0v) is 20.8. The number of anilines is 1. The first kappa shape index (κ1) is 24.3. The molecule has 1 saturated carbocycles. The zero-order chi connectivity index (χ0) is 25.2. The third kappa shape index (κ3) is 5.24. The predicted octanol–water partition coefficient (Wildman–Crippen LogP) is 6.16. The molecule has 1 N–H and O–H groups in total. The average molecular weight is 507 g/mol. The van der Waals surface area contributed by atoms with Gasteiger partial charge in [-0.2, -0.15) is 0 Å². The number of amides is 2. The molecule has 0 saturated heterocycles. The largest absolute Gasteiger partial charge is 0.481 e. The van der Waals surface area contributed by atoms with E-state index in [1.165, 1.54) is 12.1 Å². The molecule has 2 atom stereocenters. The summed E-state index contributed by atoms with van der Waals surface area (Å²) in [5.74, 6) is 0.193. The Bertz CT molecular complexity index is 1280. The van der Waals surface area contributed by atoms with Crippen molar-refractivity contribution in [3.63, 3.8) is 0 Å². The van der Waals surface area contributed by atoms with E-state index in [0.29, 0.717) is 29.4 Å². The first-order valence-corrected chi connectivity index (χ1v) is 12.7. The Morgan fingerprint density at radius 1 is 1.11 bits per heavy atom. The Hall–Kier alpha value is -3.38. The van der Waals surface area contributed by atoms with Gasteiger partial charge in [0, 0.05) is 23.2 Å². The molecule has 1 aliphatic heterocycles. The van der Waals surface area contributed by atoms with Gasteiger partial charge in [-0.3, -0.25) is 9.59 Å². The summed E-state index contributed by atoms with van der Waals surface area (Å²) in [5, 5.41) is 3.40. The second kappa shape index (κ2) is 10.3. The SMILES string of the molecule is CCC(Oc1ccc2c(c1)C(c1ccc(F)cc1)N(C(=O)C1CC1)CC2)C(=O)Nc1cccc(Cl)c1. The second-order valence-corrected chi connectivity index (χ2v) is 9.82. The van der Waals surface area contributed by atoms with E-state index in [0.717, 1.165) is 36.0 Å². The highest BCUT2D eigenvalue weighted by Crippen LogP contribution is 2.41. The fourth-order valence-electron chi connectivity index (χ4n) is 4.75. The molecule has 3 aromatic rings. The van der Waals surface area contributed by atoms with Crippen LogP contribution in [0.4, 0.5) is 10.1 Å². The monoisotopic (exact) mass is 506 g/mol. The maximum atomic E-state index is 13.7. The number of hydrogen-bond donors (Lipinski definition) is 1. The highest BCUT2D eigenvalue weighted by atomic mass is 35.5. The molecule has 2 unspecified atom stereocenters. The van der Waals surface area contributed by atoms with Gasteiger partial charge in [0.05, 0.1) is 6.04 Å². The van der Waals surface area contributed by atoms with Crippen LogP contribution in [0.5, 0.6) is 5.75 Å². The minimum Gasteiger partial charge on any atom is -0.481 e. The average Bonchev–Trinajstić information content (AvgIpc) is 3.72. The van der Waals surface area contributed by atoms with Crippen molar-refractivity contribution >= 4 is 29.1 Å². The smallest absolute Gasteiger partial charge is 0.265 e. The topological polar surface area (TPSA) is 58.6 Å². The Labute approximate surface area is 215 Å². The van der Waals surface area contributed by atoms with Gasteiger partial charge < -0.3 is 15.0 Å². The lowest BCUT2D eigenvalue weighted by molar-refractivity contribution is -0.134. The van der Waals surface area contributed by atoms with E-state index in [1.54, 1.807) is 36.4 Å². The molecule has 1 heterocycles. The van der Waals surface area contributed by atoms with Gasteiger partial charge in [0.25, 0.3) is 5.91 Å². The number of nitrogens with zero attached hydrogens (tertiary/aromatic N) is 1. The highest BCUT2D eigenvalue weighted by molar-refractivity contribution is 6.30. The number of carbonyl (C=O) groups excluding carboxylic acids is 2. The summed E-state index contributed by atoms with van der Waals surface area (Å²) in [6.45, 7) is 2.50. The molecule has 0 radical (unpaired) electrons. The van der Waals surface area contributed by atoms with Crippen LogP contribution in [0, 0.1) is 11.7 Å². The summed E-state index contributed by atoms with van der Waals surface area (Å²) in [4.78, 5) is 28.0. The predicted molar refractivity (Wildman–Crippen MR) is 138 cm³/mol. The van der Waals surface area contributed by atoms with Gasteiger partial charge in [-0.05, 0) is 84.8 Å². The molecule has 0 aromatic heterocycles. The van der Waals surface area contributed by atoms with Crippen LogP contribution in [-0.4, -0.2) is 29.4 Å². The maximum Gasteiger partial charge on any atom is 0.265 e. The third-order valence-electron chi connectivity index (χ3n) is 6.77. The number of benzene rings is 3. The molecular formula is C29H28ClFN2O3. The van der Waals surface area contributed by atoms with Crippen molar-refractivity contribution in [3.8, 4) is 5.75 Å². The van der Waals surface area contributed by atoms with E-state index in [9.17, 15) is 14.0 Å². The first-order valence-electron chi connectivity index (χ1n) is 12.3. The van der Waals surface area contributed by atoms with Gasteiger partial charge in [-0.25, -0.2) is 4.39 Å². The second-order valence-electron chi connectivity index (χ2n) is 9.38. The molecule has 36 heavy (non-hydrogen) atoms. The van der Waals surface area contributed by atoms with Crippen LogP contribution in [0.1, 0.15) is 48.9 Å². The van der Waals surface area contributed by atoms with Crippen molar-refractivity contribution in [3.05, 3.63) is 94.3 Å². The van der Waals surface area contributed by atoms with Crippen LogP contribution in [0.25, 0.3) is 0 Å². The number of ether oxygens (including phenoxy) is 1. The van der Waals surface area contributed by atoms with Crippen molar-refractivity contribution in [2.45, 2.75) is 44.8 Å². The van der Waals surface area contributed by atoms with E-state index >= 15 is 0 Å². The molecule has 186 valence electrons. The van der Waals surface area contributed by atoms with E-state index in [2.05, 4.69) is 5.32 Å². The highest BCUT2D eigenvalue weighted by Gasteiger charge is 2.39. The molecule has 7 heteroatoms. The van der Waals surface area contributed by atoms with Crippen LogP contribution in [0.3, 0.4) is 0 Å². The summed E-state index contributed by atoms with van der Waals surface area (Å²) in [6, 6.07) is 18.8. The third-order valence-corrected chi connectivity index (χ3v) is 7.01. The summed E-state index contributed by atoms with van der Waals surface area (Å²) in [5.41, 5.74) is 3.53. The van der Waals surface area contributed by atoms with Crippen molar-refractivity contribution in [2.75, 3.05) is 11.9 Å². The molecule has 1 fully saturated rings. The minimum atomic E-state index is -0.709. The fraction of sp³-hybridized carbons (Fsp3) is 0.310. The van der Waals surface area contributed by atoms with Gasteiger partial charge in [0.2, 0.25) is 5.91 Å². The van der Waals surface area contributed by atoms with E-state index < -0.39 is 6.10 Å². The zero-order valence-electron chi connectivity index (χ0n) is 20.0. The Morgan fingerprint density at radius 2 is 1.89 bits per heavy atom. The normalized spacial score (nSPS) is 17.8. The van der Waals surface area contributed by atoms with E-state index in [4.69, 9.17) is 16.3 Å². The molecule has 2 aliphatic rings. The van der Waals surface area contributed by atoms with E-state index in [-0.39, 0.29) is 29.6 Å². The number of fused-ring (bicyclic) bond motifs is 1. The van der Waals surface area contributed by atoms with Crippen LogP contribution in [0.15, 0.2) is 66.7 Å². The summed E-state index contributed by atoms with van der Waals surface area (Å²) in [7, 11) is 0. The van der Waals surface area contributed by atoms with Crippen LogP contribution in [-0.2, 0) is 16.0 Å². The fourth-order valence-corrected chi connectivity index (χ4v) is 4.94. The minimum absolute atomic E-state index is 0.0774. The van der Waals surface area contributed by atoms with Gasteiger partial charge >= 0.3 is 0 Å². The Morgan fingerprint density at radius 3 is 2.58 bits per heavy atom. The van der Waals surface area contributed by atoms with Crippen molar-refractivity contribution in [1.29, 1.82) is 0 Å². The quantitative estimate of drug-likeness (QED) is 0.417. The van der Waals surface area contributed by atoms with Gasteiger partial charge in [-0.15, -0.1) is 0 Å². The van der Waals surface area contributed by atoms with Crippen molar-refractivity contribution in [2.24, 2.45) is 5.92 Å². The number of rotatable bonds is 7. The first-order chi connectivity index (χ1) is 17.4. The Balaban J connectivity index is 1.42. The molecule has 0 bridgehead atoms. The van der Waals surface area contributed by atoms with Gasteiger partial charge in [-0.1, -0.05) is 42.8 Å². The van der Waals surface area contributed by atoms with Crippen molar-refractivity contribution < 1.29 is 18.7 Å². The van der Waals surface area contributed by atoms with Crippen LogP contribution in [0.2, 0.25) is 5.02 Å². The molecule has 5 nitrogen and oxygen atoms in total. The summed E-state index contributed by atoms with van der Waals surface area (Å²) < 4.78 is 19.8. The standard InChI is InChI=1S/C29H28ClFN2O3/c1-2-26(28(34)32-23-5-3-4-21(30)16-23)36-24-13-10-18-14-15-33(29(35)20-6-7-20)27(25(18)17-24)19-8-11-22(31)12-9-19/h3-5,8-13,16-17,20,26-27H,2,6-7,14-15H2,1H3,(H,32,34).